The molecule has 0 aliphatic heterocycles. The molecule has 0 aromatic rings. The van der Waals surface area contributed by atoms with Gasteiger partial charge in [-0.2, -0.15) is 0 Å². The van der Waals surface area contributed by atoms with Gasteiger partial charge in [-0.1, -0.05) is 33.6 Å². The summed E-state index contributed by atoms with van der Waals surface area (Å²) in [5.41, 5.74) is 5.39. The Morgan fingerprint density at radius 3 is 2.08 bits per heavy atom. The molecule has 1 atom stereocenters. The first-order valence-electron chi connectivity index (χ1n) is 4.88. The number of hydrogen-bond donors (Lipinski definition) is 2. The van der Waals surface area contributed by atoms with Gasteiger partial charge in [0.05, 0.1) is 0 Å². The Balaban J connectivity index is 0. The van der Waals surface area contributed by atoms with Gasteiger partial charge < -0.3 is 10.8 Å². The topological polar surface area (TPSA) is 63.3 Å². The molecule has 3 nitrogen and oxygen atoms in total. The SMILES string of the molecule is CC(C)C(C)CCCCN.O=CO. The van der Waals surface area contributed by atoms with Gasteiger partial charge in [0, 0.05) is 0 Å². The molecule has 80 valence electrons. The van der Waals surface area contributed by atoms with Gasteiger partial charge in [0.2, 0.25) is 0 Å². The van der Waals surface area contributed by atoms with Crippen LogP contribution in [0.3, 0.4) is 0 Å². The summed E-state index contributed by atoms with van der Waals surface area (Å²) in [5.74, 6) is 1.70. The molecular weight excluding hydrogens is 166 g/mol. The lowest BCUT2D eigenvalue weighted by atomic mass is 9.93. The largest absolute Gasteiger partial charge is 0.483 e. The summed E-state index contributed by atoms with van der Waals surface area (Å²) in [6.45, 7) is 7.49. The summed E-state index contributed by atoms with van der Waals surface area (Å²) in [7, 11) is 0. The van der Waals surface area contributed by atoms with Crippen LogP contribution in [-0.2, 0) is 4.79 Å². The number of rotatable bonds is 5. The fraction of sp³-hybridized carbons (Fsp3) is 0.900. The quantitative estimate of drug-likeness (QED) is 0.514. The van der Waals surface area contributed by atoms with E-state index in [9.17, 15) is 0 Å². The molecular formula is C10H23NO2. The van der Waals surface area contributed by atoms with Crippen molar-refractivity contribution in [1.29, 1.82) is 0 Å². The minimum Gasteiger partial charge on any atom is -0.483 e. The second kappa shape index (κ2) is 11.4. The van der Waals surface area contributed by atoms with Crippen molar-refractivity contribution in [2.75, 3.05) is 6.54 Å². The zero-order valence-corrected chi connectivity index (χ0v) is 8.99. The van der Waals surface area contributed by atoms with Crippen LogP contribution in [0.2, 0.25) is 0 Å². The number of carboxylic acid groups (broad SMARTS) is 1. The van der Waals surface area contributed by atoms with E-state index in [1.54, 1.807) is 0 Å². The normalized spacial score (nSPS) is 11.8. The lowest BCUT2D eigenvalue weighted by molar-refractivity contribution is -0.122. The predicted octanol–water partition coefficient (Wildman–Crippen LogP) is 2.11. The Morgan fingerprint density at radius 1 is 1.31 bits per heavy atom. The molecule has 0 fully saturated rings. The van der Waals surface area contributed by atoms with E-state index >= 15 is 0 Å². The van der Waals surface area contributed by atoms with Crippen LogP contribution in [0.15, 0.2) is 0 Å². The molecule has 0 heterocycles. The summed E-state index contributed by atoms with van der Waals surface area (Å²) in [4.78, 5) is 8.36. The molecule has 0 rings (SSSR count). The van der Waals surface area contributed by atoms with Gasteiger partial charge >= 0.3 is 0 Å². The van der Waals surface area contributed by atoms with Crippen LogP contribution < -0.4 is 5.73 Å². The smallest absolute Gasteiger partial charge is 0.290 e. The number of hydrogen-bond acceptors (Lipinski definition) is 2. The molecule has 0 aromatic heterocycles. The Bertz CT molecular complexity index is 105. The lowest BCUT2D eigenvalue weighted by Gasteiger charge is -2.14. The average molecular weight is 189 g/mol. The maximum Gasteiger partial charge on any atom is 0.290 e. The summed E-state index contributed by atoms with van der Waals surface area (Å²) in [6.07, 6.45) is 3.84. The maximum absolute atomic E-state index is 8.36. The van der Waals surface area contributed by atoms with Gasteiger partial charge in [-0.25, -0.2) is 0 Å². The Hall–Kier alpha value is -0.570. The first-order valence-corrected chi connectivity index (χ1v) is 4.88. The molecule has 0 amide bonds. The molecule has 13 heavy (non-hydrogen) atoms. The van der Waals surface area contributed by atoms with Crippen LogP contribution in [-0.4, -0.2) is 18.1 Å². The molecule has 0 saturated heterocycles. The highest BCUT2D eigenvalue weighted by Gasteiger charge is 2.04. The fourth-order valence-corrected chi connectivity index (χ4v) is 0.944. The molecule has 0 radical (unpaired) electrons. The van der Waals surface area contributed by atoms with E-state index < -0.39 is 0 Å². The second-order valence-electron chi connectivity index (χ2n) is 3.61. The van der Waals surface area contributed by atoms with Crippen molar-refractivity contribution in [2.45, 2.75) is 40.0 Å². The summed E-state index contributed by atoms with van der Waals surface area (Å²) >= 11 is 0. The van der Waals surface area contributed by atoms with E-state index in [1.807, 2.05) is 0 Å². The lowest BCUT2D eigenvalue weighted by Crippen LogP contribution is -2.05. The van der Waals surface area contributed by atoms with E-state index in [2.05, 4.69) is 20.8 Å². The highest BCUT2D eigenvalue weighted by atomic mass is 16.3. The van der Waals surface area contributed by atoms with E-state index in [4.69, 9.17) is 15.6 Å². The van der Waals surface area contributed by atoms with Crippen molar-refractivity contribution >= 4 is 6.47 Å². The van der Waals surface area contributed by atoms with Crippen LogP contribution in [0, 0.1) is 11.8 Å². The summed E-state index contributed by atoms with van der Waals surface area (Å²) in [6, 6.07) is 0. The van der Waals surface area contributed by atoms with Crippen LogP contribution in [0.4, 0.5) is 0 Å². The van der Waals surface area contributed by atoms with Crippen LogP contribution >= 0.6 is 0 Å². The minimum absolute atomic E-state index is 0.250. The summed E-state index contributed by atoms with van der Waals surface area (Å²) < 4.78 is 0. The molecule has 0 aromatic carbocycles. The zero-order chi connectivity index (χ0) is 10.7. The van der Waals surface area contributed by atoms with E-state index in [1.165, 1.54) is 19.3 Å². The van der Waals surface area contributed by atoms with Gasteiger partial charge in [-0.05, 0) is 24.8 Å². The van der Waals surface area contributed by atoms with Crippen LogP contribution in [0.5, 0.6) is 0 Å². The summed E-state index contributed by atoms with van der Waals surface area (Å²) in [5, 5.41) is 6.89. The molecule has 3 N–H and O–H groups in total. The number of unbranched alkanes of at least 4 members (excludes halogenated alkanes) is 1. The first kappa shape index (κ1) is 14.9. The van der Waals surface area contributed by atoms with Crippen molar-refractivity contribution < 1.29 is 9.90 Å². The molecule has 1 unspecified atom stereocenters. The molecule has 0 aliphatic carbocycles. The van der Waals surface area contributed by atoms with Crippen molar-refractivity contribution in [3.05, 3.63) is 0 Å². The van der Waals surface area contributed by atoms with Gasteiger partial charge in [-0.3, -0.25) is 4.79 Å². The predicted molar refractivity (Wildman–Crippen MR) is 55.6 cm³/mol. The third-order valence-corrected chi connectivity index (χ3v) is 2.25. The molecule has 0 bridgehead atoms. The van der Waals surface area contributed by atoms with Crippen molar-refractivity contribution in [2.24, 2.45) is 17.6 Å². The van der Waals surface area contributed by atoms with E-state index in [-0.39, 0.29) is 6.47 Å². The molecule has 0 spiro atoms. The third kappa shape index (κ3) is 14.3. The van der Waals surface area contributed by atoms with Crippen LogP contribution in [0.25, 0.3) is 0 Å². The van der Waals surface area contributed by atoms with E-state index in [0.29, 0.717) is 0 Å². The Kier molecular flexibility index (Phi) is 13.1. The standard InChI is InChI=1S/C9H21N.CH2O2/c1-8(2)9(3)6-4-5-7-10;2-1-3/h8-9H,4-7,10H2,1-3H3;1H,(H,2,3). The van der Waals surface area contributed by atoms with E-state index in [0.717, 1.165) is 18.4 Å². The van der Waals surface area contributed by atoms with Gasteiger partial charge in [0.1, 0.15) is 0 Å². The minimum atomic E-state index is -0.250. The monoisotopic (exact) mass is 189 g/mol. The zero-order valence-electron chi connectivity index (χ0n) is 8.99. The van der Waals surface area contributed by atoms with Crippen LogP contribution in [0.1, 0.15) is 40.0 Å². The third-order valence-electron chi connectivity index (χ3n) is 2.25. The van der Waals surface area contributed by atoms with Crippen molar-refractivity contribution in [3.63, 3.8) is 0 Å². The maximum atomic E-state index is 8.36. The molecule has 0 saturated carbocycles. The van der Waals surface area contributed by atoms with Gasteiger partial charge in [0.25, 0.3) is 6.47 Å². The molecule has 3 heteroatoms. The van der Waals surface area contributed by atoms with Crippen molar-refractivity contribution in [3.8, 4) is 0 Å². The fourth-order valence-electron chi connectivity index (χ4n) is 0.944. The van der Waals surface area contributed by atoms with Gasteiger partial charge in [-0.15, -0.1) is 0 Å². The average Bonchev–Trinajstić information content (AvgIpc) is 2.06. The van der Waals surface area contributed by atoms with Gasteiger partial charge in [0.15, 0.2) is 0 Å². The van der Waals surface area contributed by atoms with Crippen molar-refractivity contribution in [1.82, 2.24) is 0 Å². The number of carbonyl (C=O) groups is 1. The number of nitrogens with two attached hydrogens (primary N) is 1. The Morgan fingerprint density at radius 2 is 1.77 bits per heavy atom. The highest BCUT2D eigenvalue weighted by Crippen LogP contribution is 2.16. The highest BCUT2D eigenvalue weighted by molar-refractivity contribution is 5.32. The molecule has 0 aliphatic rings. The first-order chi connectivity index (χ1) is 6.09. The Labute approximate surface area is 81.3 Å². The second-order valence-corrected chi connectivity index (χ2v) is 3.61.